The molecule has 0 bridgehead atoms. The lowest BCUT2D eigenvalue weighted by molar-refractivity contribution is 0.480. The number of hydrogen-bond donors (Lipinski definition) is 0. The Labute approximate surface area is 117 Å². The molecule has 2 heterocycles. The lowest BCUT2D eigenvalue weighted by Crippen LogP contribution is -1.91. The van der Waals surface area contributed by atoms with Gasteiger partial charge in [0.1, 0.15) is 15.8 Å². The molecule has 0 N–H and O–H groups in total. The van der Waals surface area contributed by atoms with Gasteiger partial charge in [0.25, 0.3) is 0 Å². The van der Waals surface area contributed by atoms with Crippen LogP contribution in [0.5, 0.6) is 11.5 Å². The van der Waals surface area contributed by atoms with Crippen molar-refractivity contribution in [1.82, 2.24) is 9.97 Å². The zero-order valence-corrected chi connectivity index (χ0v) is 11.1. The van der Waals surface area contributed by atoms with Crippen LogP contribution in [0.15, 0.2) is 24.5 Å². The molecule has 0 saturated heterocycles. The molecule has 0 fully saturated rings. The first-order valence-corrected chi connectivity index (χ1v) is 5.88. The largest absolute Gasteiger partial charge is 0.452 e. The molecule has 0 amide bonds. The molecule has 3 nitrogen and oxygen atoms in total. The monoisotopic (exact) mass is 308 g/mol. The number of nitrogens with zero attached hydrogens (tertiary/aromatic N) is 2. The van der Waals surface area contributed by atoms with Crippen LogP contribution in [0.2, 0.25) is 20.4 Å². The highest BCUT2D eigenvalue weighted by Gasteiger charge is 2.17. The molecule has 0 atom stereocenters. The predicted octanol–water partition coefficient (Wildman–Crippen LogP) is 4.88. The Morgan fingerprint density at radius 1 is 1.00 bits per heavy atom. The van der Waals surface area contributed by atoms with Crippen molar-refractivity contribution in [2.24, 2.45) is 0 Å². The third-order valence-corrected chi connectivity index (χ3v) is 3.25. The molecule has 0 unspecified atom stereocenters. The first-order valence-electron chi connectivity index (χ1n) is 4.37. The summed E-state index contributed by atoms with van der Waals surface area (Å²) in [5.74, 6) is 0.626. The van der Waals surface area contributed by atoms with Crippen molar-refractivity contribution in [2.45, 2.75) is 0 Å². The van der Waals surface area contributed by atoms with E-state index in [9.17, 15) is 0 Å². The maximum absolute atomic E-state index is 5.94. The lowest BCUT2D eigenvalue weighted by Gasteiger charge is -2.10. The van der Waals surface area contributed by atoms with Gasteiger partial charge in [-0.1, -0.05) is 46.4 Å². The van der Waals surface area contributed by atoms with Crippen LogP contribution < -0.4 is 4.74 Å². The van der Waals surface area contributed by atoms with Crippen LogP contribution in [0, 0.1) is 0 Å². The van der Waals surface area contributed by atoms with Gasteiger partial charge in [0.2, 0.25) is 0 Å². The molecule has 0 spiro atoms. The standard InChI is InChI=1S/C10H4Cl4N2O/c11-6-8(7(12)10(14)16-9(6)13)17-5-2-1-3-15-4-5/h1-4H. The zero-order valence-electron chi connectivity index (χ0n) is 8.12. The van der Waals surface area contributed by atoms with E-state index in [1.807, 2.05) is 0 Å². The minimum Gasteiger partial charge on any atom is -0.452 e. The highest BCUT2D eigenvalue weighted by molar-refractivity contribution is 6.47. The van der Waals surface area contributed by atoms with Gasteiger partial charge in [-0.3, -0.25) is 4.98 Å². The first-order chi connectivity index (χ1) is 8.09. The van der Waals surface area contributed by atoms with Crippen LogP contribution in [-0.4, -0.2) is 9.97 Å². The van der Waals surface area contributed by atoms with Crippen molar-refractivity contribution in [3.63, 3.8) is 0 Å². The van der Waals surface area contributed by atoms with Gasteiger partial charge in [0.05, 0.1) is 6.20 Å². The van der Waals surface area contributed by atoms with Gasteiger partial charge in [-0.15, -0.1) is 0 Å². The summed E-state index contributed by atoms with van der Waals surface area (Å²) in [5.41, 5.74) is 0. The number of aromatic nitrogens is 2. The van der Waals surface area contributed by atoms with E-state index in [0.29, 0.717) is 5.75 Å². The summed E-state index contributed by atoms with van der Waals surface area (Å²) in [6, 6.07) is 3.41. The molecule has 0 aromatic carbocycles. The van der Waals surface area contributed by atoms with Gasteiger partial charge in [-0.25, -0.2) is 4.98 Å². The number of ether oxygens (including phenoxy) is 1. The topological polar surface area (TPSA) is 35.0 Å². The first kappa shape index (κ1) is 12.7. The van der Waals surface area contributed by atoms with Crippen molar-refractivity contribution in [2.75, 3.05) is 0 Å². The van der Waals surface area contributed by atoms with Crippen LogP contribution in [0.1, 0.15) is 0 Å². The number of halogens is 4. The van der Waals surface area contributed by atoms with Crippen LogP contribution in [0.4, 0.5) is 0 Å². The maximum atomic E-state index is 5.94. The third kappa shape index (κ3) is 2.75. The van der Waals surface area contributed by atoms with E-state index in [1.54, 1.807) is 18.3 Å². The molecule has 0 saturated carbocycles. The molecular weight excluding hydrogens is 306 g/mol. The van der Waals surface area contributed by atoms with E-state index in [0.717, 1.165) is 0 Å². The van der Waals surface area contributed by atoms with Crippen molar-refractivity contribution in [3.05, 3.63) is 44.9 Å². The van der Waals surface area contributed by atoms with Gasteiger partial charge >= 0.3 is 0 Å². The zero-order chi connectivity index (χ0) is 12.4. The highest BCUT2D eigenvalue weighted by atomic mass is 35.5. The summed E-state index contributed by atoms with van der Waals surface area (Å²) in [7, 11) is 0. The Kier molecular flexibility index (Phi) is 3.94. The van der Waals surface area contributed by atoms with Gasteiger partial charge in [-0.05, 0) is 12.1 Å². The summed E-state index contributed by atoms with van der Waals surface area (Å²) >= 11 is 23.4. The second-order valence-electron chi connectivity index (χ2n) is 2.94. The molecule has 0 aliphatic heterocycles. The van der Waals surface area contributed by atoms with Gasteiger partial charge in [0, 0.05) is 6.20 Å². The van der Waals surface area contributed by atoms with E-state index in [4.69, 9.17) is 51.1 Å². The molecule has 2 aromatic heterocycles. The quantitative estimate of drug-likeness (QED) is 0.741. The van der Waals surface area contributed by atoms with Crippen molar-refractivity contribution < 1.29 is 4.74 Å². The fourth-order valence-corrected chi connectivity index (χ4v) is 1.87. The Balaban J connectivity index is 2.46. The Bertz CT molecular complexity index is 521. The average molecular weight is 310 g/mol. The van der Waals surface area contributed by atoms with Crippen LogP contribution in [0.25, 0.3) is 0 Å². The Morgan fingerprint density at radius 2 is 1.65 bits per heavy atom. The Morgan fingerprint density at radius 3 is 2.18 bits per heavy atom. The minimum absolute atomic E-state index is 0.0277. The summed E-state index contributed by atoms with van der Waals surface area (Å²) < 4.78 is 5.47. The summed E-state index contributed by atoms with van der Waals surface area (Å²) in [6.45, 7) is 0. The van der Waals surface area contributed by atoms with E-state index in [1.165, 1.54) is 6.20 Å². The van der Waals surface area contributed by atoms with Crippen LogP contribution >= 0.6 is 46.4 Å². The number of pyridine rings is 2. The van der Waals surface area contributed by atoms with Crippen LogP contribution in [-0.2, 0) is 0 Å². The van der Waals surface area contributed by atoms with Crippen LogP contribution in [0.3, 0.4) is 0 Å². The molecule has 2 rings (SSSR count). The van der Waals surface area contributed by atoms with E-state index in [-0.39, 0.29) is 26.1 Å². The van der Waals surface area contributed by atoms with E-state index >= 15 is 0 Å². The molecule has 0 radical (unpaired) electrons. The van der Waals surface area contributed by atoms with Crippen molar-refractivity contribution in [3.8, 4) is 11.5 Å². The summed E-state index contributed by atoms with van der Waals surface area (Å²) in [4.78, 5) is 7.64. The Hall–Kier alpha value is -0.740. The van der Waals surface area contributed by atoms with Gasteiger partial charge in [-0.2, -0.15) is 0 Å². The third-order valence-electron chi connectivity index (χ3n) is 1.81. The molecular formula is C10H4Cl4N2O. The molecule has 0 aliphatic carbocycles. The maximum Gasteiger partial charge on any atom is 0.170 e. The smallest absolute Gasteiger partial charge is 0.170 e. The lowest BCUT2D eigenvalue weighted by atomic mass is 10.4. The fraction of sp³-hybridized carbons (Fsp3) is 0. The van der Waals surface area contributed by atoms with Crippen molar-refractivity contribution >= 4 is 46.4 Å². The normalized spacial score (nSPS) is 10.4. The highest BCUT2D eigenvalue weighted by Crippen LogP contribution is 2.42. The summed E-state index contributed by atoms with van der Waals surface area (Å²) in [5, 5.41) is 0.259. The summed E-state index contributed by atoms with van der Waals surface area (Å²) in [6.07, 6.45) is 3.12. The fourth-order valence-electron chi connectivity index (χ4n) is 1.08. The minimum atomic E-state index is 0.0277. The molecule has 88 valence electrons. The van der Waals surface area contributed by atoms with Crippen molar-refractivity contribution in [1.29, 1.82) is 0 Å². The predicted molar refractivity (Wildman–Crippen MR) is 68.6 cm³/mol. The molecule has 0 aliphatic rings. The average Bonchev–Trinajstić information content (AvgIpc) is 2.33. The molecule has 2 aromatic rings. The SMILES string of the molecule is Clc1nc(Cl)c(Cl)c(Oc2cccnc2)c1Cl. The second kappa shape index (κ2) is 5.27. The molecule has 17 heavy (non-hydrogen) atoms. The number of rotatable bonds is 2. The van der Waals surface area contributed by atoms with Gasteiger partial charge in [0.15, 0.2) is 16.1 Å². The molecule has 7 heteroatoms. The second-order valence-corrected chi connectivity index (χ2v) is 4.41. The van der Waals surface area contributed by atoms with Gasteiger partial charge < -0.3 is 4.74 Å². The van der Waals surface area contributed by atoms with E-state index < -0.39 is 0 Å². The van der Waals surface area contributed by atoms with E-state index in [2.05, 4.69) is 9.97 Å². The number of hydrogen-bond acceptors (Lipinski definition) is 3.